The Balaban J connectivity index is 2.04. The number of rotatable bonds is 2. The topological polar surface area (TPSA) is 12.9 Å². The van der Waals surface area contributed by atoms with E-state index in [-0.39, 0.29) is 5.82 Å². The molecule has 0 N–H and O–H groups in total. The van der Waals surface area contributed by atoms with Crippen LogP contribution >= 0.6 is 27.3 Å². The monoisotopic (exact) mass is 347 g/mol. The summed E-state index contributed by atoms with van der Waals surface area (Å²) in [5.74, 6) is -0.231. The maximum Gasteiger partial charge on any atom is 0.133 e. The van der Waals surface area contributed by atoms with Crippen LogP contribution in [0.5, 0.6) is 0 Å². The Kier molecular flexibility index (Phi) is 3.68. The van der Waals surface area contributed by atoms with Crippen molar-refractivity contribution in [2.75, 3.05) is 0 Å². The molecule has 0 fully saturated rings. The number of nitrogens with zero attached hydrogens (tertiary/aromatic N) is 1. The van der Waals surface area contributed by atoms with Gasteiger partial charge in [-0.1, -0.05) is 39.7 Å². The van der Waals surface area contributed by atoms with Gasteiger partial charge in [0.25, 0.3) is 0 Å². The molecule has 0 aliphatic carbocycles. The van der Waals surface area contributed by atoms with Crippen molar-refractivity contribution in [1.29, 1.82) is 0 Å². The van der Waals surface area contributed by atoms with Crippen LogP contribution in [0.2, 0.25) is 0 Å². The van der Waals surface area contributed by atoms with Crippen molar-refractivity contribution < 1.29 is 4.39 Å². The molecule has 0 bridgehead atoms. The van der Waals surface area contributed by atoms with Gasteiger partial charge in [-0.3, -0.25) is 0 Å². The van der Waals surface area contributed by atoms with Gasteiger partial charge in [-0.25, -0.2) is 9.37 Å². The Labute approximate surface area is 129 Å². The molecule has 0 saturated carbocycles. The molecule has 3 aromatic rings. The van der Waals surface area contributed by atoms with Gasteiger partial charge in [-0.05, 0) is 31.2 Å². The summed E-state index contributed by atoms with van der Waals surface area (Å²) in [4.78, 5) is 4.55. The van der Waals surface area contributed by atoms with Crippen LogP contribution in [0, 0.1) is 12.7 Å². The highest BCUT2D eigenvalue weighted by molar-refractivity contribution is 9.10. The lowest BCUT2D eigenvalue weighted by Gasteiger charge is -2.01. The minimum Gasteiger partial charge on any atom is -0.236 e. The van der Waals surface area contributed by atoms with E-state index in [4.69, 9.17) is 0 Å². The van der Waals surface area contributed by atoms with Crippen molar-refractivity contribution in [1.82, 2.24) is 4.98 Å². The van der Waals surface area contributed by atoms with Gasteiger partial charge in [-0.15, -0.1) is 11.3 Å². The van der Waals surface area contributed by atoms with E-state index in [0.717, 1.165) is 21.3 Å². The molecular formula is C16H11BrFNS. The van der Waals surface area contributed by atoms with E-state index in [1.807, 2.05) is 42.6 Å². The zero-order valence-corrected chi connectivity index (χ0v) is 13.1. The molecule has 0 radical (unpaired) electrons. The number of benzene rings is 2. The summed E-state index contributed by atoms with van der Waals surface area (Å²) in [6.07, 6.45) is 0. The molecule has 0 amide bonds. The summed E-state index contributed by atoms with van der Waals surface area (Å²) >= 11 is 4.91. The summed E-state index contributed by atoms with van der Waals surface area (Å²) in [5.41, 5.74) is 3.49. The first-order chi connectivity index (χ1) is 9.63. The van der Waals surface area contributed by atoms with Crippen LogP contribution in [0.15, 0.2) is 52.3 Å². The van der Waals surface area contributed by atoms with Gasteiger partial charge in [0.15, 0.2) is 0 Å². The quantitative estimate of drug-likeness (QED) is 0.580. The molecule has 0 spiro atoms. The lowest BCUT2D eigenvalue weighted by atomic mass is 10.1. The number of thiazole rings is 1. The maximum absolute atomic E-state index is 13.9. The van der Waals surface area contributed by atoms with E-state index in [2.05, 4.69) is 20.9 Å². The van der Waals surface area contributed by atoms with E-state index in [0.29, 0.717) is 10.6 Å². The first-order valence-electron chi connectivity index (χ1n) is 6.11. The Morgan fingerprint density at radius 2 is 2.00 bits per heavy atom. The van der Waals surface area contributed by atoms with E-state index >= 15 is 0 Å². The number of hydrogen-bond acceptors (Lipinski definition) is 2. The van der Waals surface area contributed by atoms with Crippen molar-refractivity contribution in [3.05, 3.63) is 63.7 Å². The third-order valence-electron chi connectivity index (χ3n) is 2.98. The normalized spacial score (nSPS) is 10.8. The number of aromatic nitrogens is 1. The lowest BCUT2D eigenvalue weighted by molar-refractivity contribution is 0.631. The molecule has 4 heteroatoms. The minimum absolute atomic E-state index is 0.231. The summed E-state index contributed by atoms with van der Waals surface area (Å²) in [5, 5.41) is 2.67. The van der Waals surface area contributed by atoms with E-state index in [9.17, 15) is 4.39 Å². The van der Waals surface area contributed by atoms with Crippen molar-refractivity contribution in [3.63, 3.8) is 0 Å². The zero-order chi connectivity index (χ0) is 14.1. The highest BCUT2D eigenvalue weighted by Gasteiger charge is 2.11. The second kappa shape index (κ2) is 5.46. The Hall–Kier alpha value is -1.52. The highest BCUT2D eigenvalue weighted by Crippen LogP contribution is 2.31. The van der Waals surface area contributed by atoms with Gasteiger partial charge in [0, 0.05) is 21.0 Å². The van der Waals surface area contributed by atoms with Gasteiger partial charge in [0.1, 0.15) is 10.8 Å². The van der Waals surface area contributed by atoms with Crippen LogP contribution in [0.25, 0.3) is 21.8 Å². The zero-order valence-electron chi connectivity index (χ0n) is 10.7. The number of hydrogen-bond donors (Lipinski definition) is 0. The Bertz CT molecular complexity index is 767. The highest BCUT2D eigenvalue weighted by atomic mass is 79.9. The Morgan fingerprint density at radius 1 is 1.15 bits per heavy atom. The minimum atomic E-state index is -0.231. The van der Waals surface area contributed by atoms with Crippen LogP contribution in [-0.4, -0.2) is 4.98 Å². The van der Waals surface area contributed by atoms with Gasteiger partial charge in [-0.2, -0.15) is 0 Å². The van der Waals surface area contributed by atoms with Crippen LogP contribution in [-0.2, 0) is 0 Å². The largest absolute Gasteiger partial charge is 0.236 e. The van der Waals surface area contributed by atoms with Gasteiger partial charge < -0.3 is 0 Å². The fourth-order valence-electron chi connectivity index (χ4n) is 1.98. The number of aryl methyl sites for hydroxylation is 1. The summed E-state index contributed by atoms with van der Waals surface area (Å²) in [7, 11) is 0. The molecule has 0 atom stereocenters. The van der Waals surface area contributed by atoms with Crippen molar-refractivity contribution in [2.24, 2.45) is 0 Å². The molecule has 20 heavy (non-hydrogen) atoms. The third kappa shape index (κ3) is 2.67. The van der Waals surface area contributed by atoms with Gasteiger partial charge in [0.05, 0.1) is 5.69 Å². The fourth-order valence-corrected chi connectivity index (χ4v) is 3.23. The van der Waals surface area contributed by atoms with Gasteiger partial charge in [0.2, 0.25) is 0 Å². The second-order valence-corrected chi connectivity index (χ2v) is 6.31. The SMILES string of the molecule is Cc1ccc(F)c(-c2nc(-c3cccc(Br)c3)cs2)c1. The summed E-state index contributed by atoms with van der Waals surface area (Å²) < 4.78 is 14.9. The molecule has 100 valence electrons. The summed E-state index contributed by atoms with van der Waals surface area (Å²) in [6.45, 7) is 1.95. The third-order valence-corrected chi connectivity index (χ3v) is 4.35. The van der Waals surface area contributed by atoms with E-state index < -0.39 is 0 Å². The number of halogens is 2. The molecule has 0 aliphatic rings. The first kappa shape index (κ1) is 13.5. The Morgan fingerprint density at radius 3 is 2.80 bits per heavy atom. The van der Waals surface area contributed by atoms with E-state index in [1.165, 1.54) is 17.4 Å². The molecule has 0 unspecified atom stereocenters. The van der Waals surface area contributed by atoms with Crippen molar-refractivity contribution in [2.45, 2.75) is 6.92 Å². The standard InChI is InChI=1S/C16H11BrFNS/c1-10-5-6-14(18)13(7-10)16-19-15(9-20-16)11-3-2-4-12(17)8-11/h2-9H,1H3. The second-order valence-electron chi connectivity index (χ2n) is 4.53. The molecule has 1 heterocycles. The van der Waals surface area contributed by atoms with Crippen LogP contribution < -0.4 is 0 Å². The molecule has 2 aromatic carbocycles. The summed E-state index contributed by atoms with van der Waals surface area (Å²) in [6, 6.07) is 13.0. The van der Waals surface area contributed by atoms with E-state index in [1.54, 1.807) is 6.07 Å². The molecular weight excluding hydrogens is 337 g/mol. The average Bonchev–Trinajstić information content (AvgIpc) is 2.91. The van der Waals surface area contributed by atoms with Crippen molar-refractivity contribution >= 4 is 27.3 Å². The molecule has 0 aliphatic heterocycles. The molecule has 1 aromatic heterocycles. The molecule has 0 saturated heterocycles. The van der Waals surface area contributed by atoms with Crippen LogP contribution in [0.3, 0.4) is 0 Å². The van der Waals surface area contributed by atoms with Crippen LogP contribution in [0.1, 0.15) is 5.56 Å². The predicted octanol–water partition coefficient (Wildman–Crippen LogP) is 5.69. The molecule has 1 nitrogen and oxygen atoms in total. The first-order valence-corrected chi connectivity index (χ1v) is 7.79. The average molecular weight is 348 g/mol. The van der Waals surface area contributed by atoms with Gasteiger partial charge >= 0.3 is 0 Å². The molecule has 3 rings (SSSR count). The van der Waals surface area contributed by atoms with Crippen LogP contribution in [0.4, 0.5) is 4.39 Å². The lowest BCUT2D eigenvalue weighted by Crippen LogP contribution is -1.85. The smallest absolute Gasteiger partial charge is 0.133 e. The van der Waals surface area contributed by atoms with Crippen molar-refractivity contribution in [3.8, 4) is 21.8 Å². The predicted molar refractivity (Wildman–Crippen MR) is 85.4 cm³/mol. The maximum atomic E-state index is 13.9. The fraction of sp³-hybridized carbons (Fsp3) is 0.0625.